The number of carboxylic acids is 1. The molecule has 1 fully saturated rings. The third-order valence-electron chi connectivity index (χ3n) is 6.81. The summed E-state index contributed by atoms with van der Waals surface area (Å²) in [6.45, 7) is 7.47. The minimum absolute atomic E-state index is 0.0112. The number of hydrogen-bond donors (Lipinski definition) is 1. The van der Waals surface area contributed by atoms with Crippen molar-refractivity contribution >= 4 is 5.97 Å². The highest BCUT2D eigenvalue weighted by Gasteiger charge is 2.38. The van der Waals surface area contributed by atoms with E-state index >= 15 is 0 Å². The van der Waals surface area contributed by atoms with E-state index in [9.17, 15) is 14.7 Å². The van der Waals surface area contributed by atoms with Crippen molar-refractivity contribution in [2.75, 3.05) is 13.2 Å². The zero-order chi connectivity index (χ0) is 21.2. The number of rotatable bonds is 2. The summed E-state index contributed by atoms with van der Waals surface area (Å²) in [5.41, 5.74) is 3.16. The lowest BCUT2D eigenvalue weighted by atomic mass is 9.75. The van der Waals surface area contributed by atoms with Crippen molar-refractivity contribution in [2.45, 2.75) is 58.4 Å². The van der Waals surface area contributed by atoms with Gasteiger partial charge in [0.1, 0.15) is 18.8 Å². The Labute approximate surface area is 175 Å². The fourth-order valence-electron chi connectivity index (χ4n) is 4.94. The summed E-state index contributed by atoms with van der Waals surface area (Å²) in [5.74, 6) is 0.946. The molecule has 2 aromatic rings. The van der Waals surface area contributed by atoms with E-state index in [0.717, 1.165) is 46.7 Å². The van der Waals surface area contributed by atoms with E-state index in [0.29, 0.717) is 25.6 Å². The van der Waals surface area contributed by atoms with Crippen LogP contribution in [0, 0.1) is 5.41 Å². The molecule has 1 atom stereocenters. The van der Waals surface area contributed by atoms with E-state index in [2.05, 4.69) is 26.8 Å². The maximum atomic E-state index is 12.6. The van der Waals surface area contributed by atoms with Crippen LogP contribution in [0.5, 0.6) is 11.5 Å². The van der Waals surface area contributed by atoms with Gasteiger partial charge in [0.2, 0.25) is 0 Å². The zero-order valence-corrected chi connectivity index (χ0v) is 17.7. The Kier molecular flexibility index (Phi) is 4.24. The second kappa shape index (κ2) is 6.62. The average molecular weight is 409 g/mol. The van der Waals surface area contributed by atoms with Gasteiger partial charge in [-0.3, -0.25) is 4.79 Å². The van der Waals surface area contributed by atoms with Crippen LogP contribution in [0.15, 0.2) is 23.1 Å². The van der Waals surface area contributed by atoms with Crippen molar-refractivity contribution in [3.63, 3.8) is 0 Å². The molecule has 0 saturated heterocycles. The van der Waals surface area contributed by atoms with E-state index in [1.54, 1.807) is 0 Å². The van der Waals surface area contributed by atoms with Crippen LogP contribution in [0.3, 0.4) is 0 Å². The predicted octanol–water partition coefficient (Wildman–Crippen LogP) is 4.40. The van der Waals surface area contributed by atoms with Crippen molar-refractivity contribution in [2.24, 2.45) is 5.41 Å². The number of benzene rings is 1. The molecule has 1 aliphatic carbocycles. The Bertz CT molecular complexity index is 1100. The molecule has 2 aliphatic heterocycles. The molecule has 0 spiro atoms. The lowest BCUT2D eigenvalue weighted by Gasteiger charge is -2.41. The number of aromatic carboxylic acids is 1. The van der Waals surface area contributed by atoms with Crippen molar-refractivity contribution in [3.8, 4) is 22.8 Å². The highest BCUT2D eigenvalue weighted by Crippen LogP contribution is 2.53. The molecule has 0 unspecified atom stereocenters. The largest absolute Gasteiger partial charge is 0.486 e. The fourth-order valence-corrected chi connectivity index (χ4v) is 4.94. The third-order valence-corrected chi connectivity index (χ3v) is 6.81. The SMILES string of the molecule is CC(C)(C)[C@@H]1Cc2c(cc(C3CCC3)c3c2OCCO3)-c2cc(=O)c(C(=O)O)cn21. The number of pyridine rings is 1. The molecular formula is C24H27NO5. The first-order valence-electron chi connectivity index (χ1n) is 10.7. The number of nitrogens with zero attached hydrogens (tertiary/aromatic N) is 1. The van der Waals surface area contributed by atoms with Crippen LogP contribution in [0.2, 0.25) is 0 Å². The molecule has 1 aromatic heterocycles. The normalized spacial score (nSPS) is 20.2. The average Bonchev–Trinajstić information content (AvgIpc) is 2.65. The standard InChI is InChI=1S/C24H27NO5/c1-24(2,3)20-10-16-15(18-11-19(26)17(23(27)28)12-25(18)20)9-14(13-5-4-6-13)21-22(16)30-8-7-29-21/h9,11-13,20H,4-8,10H2,1-3H3,(H,27,28)/t20-/m0/s1. The summed E-state index contributed by atoms with van der Waals surface area (Å²) < 4.78 is 14.2. The lowest BCUT2D eigenvalue weighted by Crippen LogP contribution is -2.33. The van der Waals surface area contributed by atoms with Gasteiger partial charge in [0.25, 0.3) is 0 Å². The van der Waals surface area contributed by atoms with Crippen LogP contribution in [0.25, 0.3) is 11.3 Å². The monoisotopic (exact) mass is 409 g/mol. The van der Waals surface area contributed by atoms with E-state index in [1.807, 2.05) is 4.57 Å². The molecule has 1 saturated carbocycles. The molecule has 3 heterocycles. The Morgan fingerprint density at radius 2 is 1.83 bits per heavy atom. The van der Waals surface area contributed by atoms with Crippen LogP contribution in [0.4, 0.5) is 0 Å². The predicted molar refractivity (Wildman–Crippen MR) is 113 cm³/mol. The van der Waals surface area contributed by atoms with Crippen LogP contribution < -0.4 is 14.9 Å². The van der Waals surface area contributed by atoms with Gasteiger partial charge in [-0.05, 0) is 36.7 Å². The topological polar surface area (TPSA) is 77.8 Å². The molecule has 30 heavy (non-hydrogen) atoms. The maximum Gasteiger partial charge on any atom is 0.341 e. The van der Waals surface area contributed by atoms with Crippen molar-refractivity contribution in [1.82, 2.24) is 4.57 Å². The minimum atomic E-state index is -1.19. The van der Waals surface area contributed by atoms with Crippen molar-refractivity contribution in [3.05, 3.63) is 45.2 Å². The first kappa shape index (κ1) is 19.2. The van der Waals surface area contributed by atoms with E-state index < -0.39 is 11.4 Å². The minimum Gasteiger partial charge on any atom is -0.486 e. The summed E-state index contributed by atoms with van der Waals surface area (Å²) >= 11 is 0. The zero-order valence-electron chi connectivity index (χ0n) is 17.7. The maximum absolute atomic E-state index is 12.6. The van der Waals surface area contributed by atoms with Gasteiger partial charge >= 0.3 is 5.97 Å². The number of hydrogen-bond acceptors (Lipinski definition) is 4. The summed E-state index contributed by atoms with van der Waals surface area (Å²) in [5, 5.41) is 9.52. The van der Waals surface area contributed by atoms with Crippen LogP contribution in [0.1, 0.15) is 73.5 Å². The summed E-state index contributed by atoms with van der Waals surface area (Å²) in [7, 11) is 0. The van der Waals surface area contributed by atoms with Crippen molar-refractivity contribution in [1.29, 1.82) is 0 Å². The molecule has 6 heteroatoms. The van der Waals surface area contributed by atoms with Gasteiger partial charge in [0, 0.05) is 35.0 Å². The highest BCUT2D eigenvalue weighted by molar-refractivity contribution is 5.88. The Balaban J connectivity index is 1.80. The molecule has 0 bridgehead atoms. The van der Waals surface area contributed by atoms with Crippen LogP contribution in [-0.4, -0.2) is 28.9 Å². The third kappa shape index (κ3) is 2.84. The van der Waals surface area contributed by atoms with Gasteiger partial charge < -0.3 is 19.1 Å². The van der Waals surface area contributed by atoms with E-state index in [1.165, 1.54) is 18.7 Å². The van der Waals surface area contributed by atoms with Crippen LogP contribution in [-0.2, 0) is 6.42 Å². The molecule has 5 rings (SSSR count). The van der Waals surface area contributed by atoms with Gasteiger partial charge in [0.05, 0.1) is 5.69 Å². The van der Waals surface area contributed by atoms with Crippen LogP contribution >= 0.6 is 0 Å². The number of ether oxygens (including phenoxy) is 2. The van der Waals surface area contributed by atoms with Gasteiger partial charge in [-0.2, -0.15) is 0 Å². The molecule has 6 nitrogen and oxygen atoms in total. The molecule has 0 amide bonds. The summed E-state index contributed by atoms with van der Waals surface area (Å²) in [4.78, 5) is 24.3. The summed E-state index contributed by atoms with van der Waals surface area (Å²) in [6, 6.07) is 3.64. The number of fused-ring (bicyclic) bond motifs is 5. The van der Waals surface area contributed by atoms with E-state index in [4.69, 9.17) is 9.47 Å². The molecule has 1 N–H and O–H groups in total. The molecule has 1 aromatic carbocycles. The summed E-state index contributed by atoms with van der Waals surface area (Å²) in [6.07, 6.45) is 5.69. The van der Waals surface area contributed by atoms with Crippen molar-refractivity contribution < 1.29 is 19.4 Å². The number of aromatic nitrogens is 1. The number of carboxylic acid groups (broad SMARTS) is 1. The lowest BCUT2D eigenvalue weighted by molar-refractivity contribution is 0.0693. The quantitative estimate of drug-likeness (QED) is 0.796. The Hall–Kier alpha value is -2.76. The van der Waals surface area contributed by atoms with Gasteiger partial charge in [0.15, 0.2) is 16.9 Å². The van der Waals surface area contributed by atoms with Gasteiger partial charge in [-0.1, -0.05) is 27.2 Å². The molecular weight excluding hydrogens is 382 g/mol. The molecule has 158 valence electrons. The fraction of sp³-hybridized carbons (Fsp3) is 0.500. The Morgan fingerprint density at radius 3 is 2.43 bits per heavy atom. The van der Waals surface area contributed by atoms with E-state index in [-0.39, 0.29) is 17.0 Å². The smallest absolute Gasteiger partial charge is 0.341 e. The second-order valence-electron chi connectivity index (χ2n) is 9.71. The molecule has 0 radical (unpaired) electrons. The highest BCUT2D eigenvalue weighted by atomic mass is 16.6. The molecule has 3 aliphatic rings. The first-order chi connectivity index (χ1) is 14.3. The second-order valence-corrected chi connectivity index (χ2v) is 9.71. The van der Waals surface area contributed by atoms with Gasteiger partial charge in [-0.25, -0.2) is 4.79 Å². The van der Waals surface area contributed by atoms with Gasteiger partial charge in [-0.15, -0.1) is 0 Å². The Morgan fingerprint density at radius 1 is 1.13 bits per heavy atom. The first-order valence-corrected chi connectivity index (χ1v) is 10.7. The number of carbonyl (C=O) groups is 1.